The van der Waals surface area contributed by atoms with Gasteiger partial charge in [-0.05, 0) is 111 Å². The number of para-hydroxylation sites is 4. The molecule has 4 aromatic heterocycles. The predicted octanol–water partition coefficient (Wildman–Crippen LogP) is 19.7. The zero-order valence-corrected chi connectivity index (χ0v) is 42.8. The molecule has 0 fully saturated rings. The van der Waals surface area contributed by atoms with Crippen LogP contribution in [0.2, 0.25) is 0 Å². The van der Waals surface area contributed by atoms with Crippen LogP contribution in [-0.4, -0.2) is 14.5 Å². The molecule has 16 rings (SSSR count). The quantitative estimate of drug-likeness (QED) is 0.160. The van der Waals surface area contributed by atoms with Gasteiger partial charge in [-0.2, -0.15) is 0 Å². The highest BCUT2D eigenvalue weighted by Crippen LogP contribution is 2.50. The van der Waals surface area contributed by atoms with Crippen LogP contribution in [0.3, 0.4) is 0 Å². The summed E-state index contributed by atoms with van der Waals surface area (Å²) in [6.07, 6.45) is 0. The highest BCUT2D eigenvalue weighted by molar-refractivity contribution is 6.16. The summed E-state index contributed by atoms with van der Waals surface area (Å²) in [4.78, 5) is 10.5. The highest BCUT2D eigenvalue weighted by Gasteiger charge is 2.35. The lowest BCUT2D eigenvalue weighted by Gasteiger charge is -2.22. The number of benzene rings is 11. The summed E-state index contributed by atoms with van der Waals surface area (Å²) < 4.78 is 15.5. The molecule has 0 unspecified atom stereocenters. The fourth-order valence-corrected chi connectivity index (χ4v) is 12.6. The van der Waals surface area contributed by atoms with Crippen LogP contribution < -0.4 is 0 Å². The maximum absolute atomic E-state index is 6.63. The molecule has 0 aliphatic heterocycles. The van der Waals surface area contributed by atoms with Crippen LogP contribution in [0.15, 0.2) is 258 Å². The largest absolute Gasteiger partial charge is 0.456 e. The molecule has 0 bridgehead atoms. The summed E-state index contributed by atoms with van der Waals surface area (Å²) >= 11 is 0. The zero-order chi connectivity index (χ0) is 51.6. The van der Waals surface area contributed by atoms with Crippen molar-refractivity contribution in [1.82, 2.24) is 14.5 Å². The SMILES string of the molecule is CC1(C)c2ccccc2-c2ccc(-c3cccc(-c4cccc5c6cc(-c7cccc8c7oc7ccccc78)ccc6n(-c6cccc(-c7cc(-c8ccc9c(c8)oc8ccccc89)nc(-c8ccccc8)n7)c6)c45)c3)cc21. The third-order valence-electron chi connectivity index (χ3n) is 16.4. The van der Waals surface area contributed by atoms with Gasteiger partial charge in [0, 0.05) is 71.2 Å². The summed E-state index contributed by atoms with van der Waals surface area (Å²) in [5, 5.41) is 6.71. The van der Waals surface area contributed by atoms with E-state index in [9.17, 15) is 0 Å². The second-order valence-electron chi connectivity index (χ2n) is 21.2. The van der Waals surface area contributed by atoms with E-state index >= 15 is 0 Å². The van der Waals surface area contributed by atoms with Crippen LogP contribution >= 0.6 is 0 Å². The van der Waals surface area contributed by atoms with Crippen molar-refractivity contribution in [2.75, 3.05) is 0 Å². The van der Waals surface area contributed by atoms with E-state index in [-0.39, 0.29) is 5.41 Å². The maximum Gasteiger partial charge on any atom is 0.160 e. The van der Waals surface area contributed by atoms with Crippen LogP contribution in [0.25, 0.3) is 150 Å². The first-order chi connectivity index (χ1) is 38.4. The Morgan fingerprint density at radius 3 is 1.77 bits per heavy atom. The van der Waals surface area contributed by atoms with Gasteiger partial charge in [0.2, 0.25) is 0 Å². The van der Waals surface area contributed by atoms with Crippen LogP contribution in [0.1, 0.15) is 25.0 Å². The normalized spacial score (nSPS) is 12.8. The maximum atomic E-state index is 6.63. The van der Waals surface area contributed by atoms with Gasteiger partial charge in [0.25, 0.3) is 0 Å². The zero-order valence-electron chi connectivity index (χ0n) is 42.8. The minimum absolute atomic E-state index is 0.102. The number of nitrogens with zero attached hydrogens (tertiary/aromatic N) is 3. The van der Waals surface area contributed by atoms with Crippen molar-refractivity contribution in [3.05, 3.63) is 260 Å². The van der Waals surface area contributed by atoms with Crippen molar-refractivity contribution in [3.8, 4) is 84.1 Å². The summed E-state index contributed by atoms with van der Waals surface area (Å²) in [5.41, 5.74) is 23.3. The average molecular weight is 998 g/mol. The van der Waals surface area contributed by atoms with E-state index in [1.807, 2.05) is 36.4 Å². The average Bonchev–Trinajstić information content (AvgIpc) is 4.31. The van der Waals surface area contributed by atoms with Gasteiger partial charge in [-0.1, -0.05) is 196 Å². The van der Waals surface area contributed by atoms with Gasteiger partial charge >= 0.3 is 0 Å². The summed E-state index contributed by atoms with van der Waals surface area (Å²) in [6.45, 7) is 4.70. The minimum atomic E-state index is -0.102. The van der Waals surface area contributed by atoms with Crippen molar-refractivity contribution in [2.45, 2.75) is 19.3 Å². The Kier molecular flexibility index (Phi) is 9.61. The first kappa shape index (κ1) is 44.2. The van der Waals surface area contributed by atoms with Crippen molar-refractivity contribution in [2.24, 2.45) is 0 Å². The smallest absolute Gasteiger partial charge is 0.160 e. The lowest BCUT2D eigenvalue weighted by atomic mass is 9.81. The Labute approximate surface area is 450 Å². The molecule has 1 aliphatic rings. The van der Waals surface area contributed by atoms with E-state index < -0.39 is 0 Å². The number of hydrogen-bond acceptors (Lipinski definition) is 4. The second kappa shape index (κ2) is 17.0. The molecule has 0 N–H and O–H groups in total. The molecular weight excluding hydrogens is 951 g/mol. The van der Waals surface area contributed by atoms with Gasteiger partial charge < -0.3 is 13.4 Å². The van der Waals surface area contributed by atoms with Gasteiger partial charge in [-0.25, -0.2) is 9.97 Å². The molecule has 5 heteroatoms. The molecule has 1 aliphatic carbocycles. The van der Waals surface area contributed by atoms with Crippen LogP contribution in [0, 0.1) is 0 Å². The van der Waals surface area contributed by atoms with Crippen molar-refractivity contribution < 1.29 is 8.83 Å². The summed E-state index contributed by atoms with van der Waals surface area (Å²) in [7, 11) is 0. The standard InChI is InChI=1S/C73H47N3O2/c1-73(2)62-29-9-6-22-54(62)55-35-32-46(41-63(55)73)45-18-12-19-47(38-45)52-25-14-27-59-61-40-48(53-26-15-28-60-57-24-8-11-31-68(57)78-71(53)60)34-37-66(61)76(70(52)59)51-21-13-20-49(39-51)64-43-65(75-72(74-64)44-16-4-3-5-17-44)50-33-36-58-56-23-7-10-30-67(56)77-69(58)42-50/h3-43H,1-2H3. The Hall–Kier alpha value is -10.1. The molecular formula is C73H47N3O2. The van der Waals surface area contributed by atoms with E-state index in [0.717, 1.165) is 122 Å². The van der Waals surface area contributed by atoms with Crippen LogP contribution in [0.4, 0.5) is 0 Å². The number of hydrogen-bond donors (Lipinski definition) is 0. The Morgan fingerprint density at radius 2 is 0.910 bits per heavy atom. The van der Waals surface area contributed by atoms with Crippen molar-refractivity contribution >= 4 is 65.7 Å². The van der Waals surface area contributed by atoms with Crippen molar-refractivity contribution in [3.63, 3.8) is 0 Å². The van der Waals surface area contributed by atoms with Gasteiger partial charge in [0.1, 0.15) is 22.3 Å². The third-order valence-corrected chi connectivity index (χ3v) is 16.4. The van der Waals surface area contributed by atoms with E-state index in [1.165, 1.54) is 33.4 Å². The Bertz CT molecular complexity index is 4960. The Morgan fingerprint density at radius 1 is 0.333 bits per heavy atom. The molecule has 11 aromatic carbocycles. The topological polar surface area (TPSA) is 57.0 Å². The first-order valence-corrected chi connectivity index (χ1v) is 26.7. The fourth-order valence-electron chi connectivity index (χ4n) is 12.6. The lowest BCUT2D eigenvalue weighted by molar-refractivity contribution is 0.660. The van der Waals surface area contributed by atoms with Crippen LogP contribution in [-0.2, 0) is 5.41 Å². The molecule has 0 radical (unpaired) electrons. The Balaban J connectivity index is 0.887. The number of fused-ring (bicyclic) bond motifs is 12. The summed E-state index contributed by atoms with van der Waals surface area (Å²) in [6, 6.07) is 89.2. The number of aromatic nitrogens is 3. The second-order valence-corrected chi connectivity index (χ2v) is 21.2. The fraction of sp³-hybridized carbons (Fsp3) is 0.0411. The highest BCUT2D eigenvalue weighted by atomic mass is 16.3. The van der Waals surface area contributed by atoms with Crippen molar-refractivity contribution in [1.29, 1.82) is 0 Å². The molecule has 0 saturated heterocycles. The van der Waals surface area contributed by atoms with E-state index in [0.29, 0.717) is 5.82 Å². The lowest BCUT2D eigenvalue weighted by Crippen LogP contribution is -2.14. The van der Waals surface area contributed by atoms with Gasteiger partial charge in [0.05, 0.1) is 22.4 Å². The molecule has 78 heavy (non-hydrogen) atoms. The van der Waals surface area contributed by atoms with E-state index in [2.05, 4.69) is 231 Å². The molecule has 366 valence electrons. The molecule has 0 amide bonds. The molecule has 15 aromatic rings. The molecule has 4 heterocycles. The number of rotatable bonds is 7. The number of furan rings is 2. The van der Waals surface area contributed by atoms with Gasteiger partial charge in [0.15, 0.2) is 5.82 Å². The molecule has 0 spiro atoms. The third kappa shape index (κ3) is 6.81. The summed E-state index contributed by atoms with van der Waals surface area (Å²) in [5.74, 6) is 0.653. The molecule has 0 saturated carbocycles. The van der Waals surface area contributed by atoms with Gasteiger partial charge in [-0.3, -0.25) is 0 Å². The molecule has 0 atom stereocenters. The van der Waals surface area contributed by atoms with E-state index in [4.69, 9.17) is 18.8 Å². The van der Waals surface area contributed by atoms with Gasteiger partial charge in [-0.15, -0.1) is 0 Å². The van der Waals surface area contributed by atoms with E-state index in [1.54, 1.807) is 0 Å². The monoisotopic (exact) mass is 997 g/mol. The molecule has 5 nitrogen and oxygen atoms in total. The van der Waals surface area contributed by atoms with Crippen LogP contribution in [0.5, 0.6) is 0 Å². The predicted molar refractivity (Wildman–Crippen MR) is 321 cm³/mol. The minimum Gasteiger partial charge on any atom is -0.456 e. The first-order valence-electron chi connectivity index (χ1n) is 26.7.